The van der Waals surface area contributed by atoms with E-state index in [1.807, 2.05) is 64.1 Å². The van der Waals surface area contributed by atoms with Gasteiger partial charge in [0.25, 0.3) is 11.8 Å². The quantitative estimate of drug-likeness (QED) is 0.332. The lowest BCUT2D eigenvalue weighted by Gasteiger charge is -2.13. The van der Waals surface area contributed by atoms with Crippen molar-refractivity contribution in [2.24, 2.45) is 0 Å². The van der Waals surface area contributed by atoms with Gasteiger partial charge in [0.15, 0.2) is 0 Å². The van der Waals surface area contributed by atoms with Crippen molar-refractivity contribution in [3.8, 4) is 17.2 Å². The third kappa shape index (κ3) is 6.02. The van der Waals surface area contributed by atoms with Gasteiger partial charge in [0.2, 0.25) is 0 Å². The molecule has 0 aliphatic heterocycles. The van der Waals surface area contributed by atoms with Crippen LogP contribution in [0.4, 0.5) is 11.5 Å². The fourth-order valence-corrected chi connectivity index (χ4v) is 3.62. The summed E-state index contributed by atoms with van der Waals surface area (Å²) in [6.45, 7) is 7.76. The molecular weight excluding hydrogens is 448 g/mol. The number of hydrogen-bond acceptors (Lipinski definition) is 4. The van der Waals surface area contributed by atoms with E-state index in [0.717, 1.165) is 22.3 Å². The van der Waals surface area contributed by atoms with Crippen LogP contribution in [0, 0.1) is 25.2 Å². The Morgan fingerprint density at radius 2 is 1.50 bits per heavy atom. The molecule has 0 saturated carbocycles. The van der Waals surface area contributed by atoms with E-state index in [4.69, 9.17) is 0 Å². The number of amides is 2. The molecule has 2 amide bonds. The Bertz CT molecular complexity index is 1420. The summed E-state index contributed by atoms with van der Waals surface area (Å²) in [7, 11) is 0. The van der Waals surface area contributed by atoms with Crippen LogP contribution in [-0.2, 0) is 0 Å². The molecule has 0 unspecified atom stereocenters. The van der Waals surface area contributed by atoms with Crippen LogP contribution >= 0.6 is 0 Å². The predicted octanol–water partition coefficient (Wildman–Crippen LogP) is 6.77. The number of rotatable bonds is 5. The van der Waals surface area contributed by atoms with Gasteiger partial charge in [0.05, 0.1) is 22.9 Å². The van der Waals surface area contributed by atoms with Gasteiger partial charge >= 0.3 is 0 Å². The van der Waals surface area contributed by atoms with Crippen LogP contribution < -0.4 is 10.6 Å². The van der Waals surface area contributed by atoms with Crippen LogP contribution in [0.25, 0.3) is 11.1 Å². The molecule has 1 aromatic heterocycles. The van der Waals surface area contributed by atoms with Crippen LogP contribution in [0.5, 0.6) is 0 Å². The highest BCUT2D eigenvalue weighted by atomic mass is 16.2. The summed E-state index contributed by atoms with van der Waals surface area (Å²) in [5.41, 5.74) is 5.20. The van der Waals surface area contributed by atoms with E-state index in [1.165, 1.54) is 0 Å². The molecule has 0 aliphatic rings. The van der Waals surface area contributed by atoms with Crippen LogP contribution in [0.3, 0.4) is 0 Å². The van der Waals surface area contributed by atoms with E-state index in [2.05, 4.69) is 21.7 Å². The number of carbonyl (C=O) groups excluding carboxylic acids is 2. The normalized spacial score (nSPS) is 9.86. The SMILES string of the molecule is CC.Cc1ccc(NC(=O)c2ccccc2NC(=O)c2ccc(-c3ccccc3C#N)cc2C)nc1. The number of nitriles is 1. The highest BCUT2D eigenvalue weighted by Crippen LogP contribution is 2.26. The van der Waals surface area contributed by atoms with Gasteiger partial charge in [-0.3, -0.25) is 9.59 Å². The maximum atomic E-state index is 13.1. The van der Waals surface area contributed by atoms with E-state index in [-0.39, 0.29) is 11.8 Å². The van der Waals surface area contributed by atoms with E-state index in [1.54, 1.807) is 48.7 Å². The second-order valence-electron chi connectivity index (χ2n) is 7.86. The van der Waals surface area contributed by atoms with E-state index in [0.29, 0.717) is 28.2 Å². The maximum Gasteiger partial charge on any atom is 0.258 e. The van der Waals surface area contributed by atoms with Crippen molar-refractivity contribution < 1.29 is 9.59 Å². The molecular formula is C30H28N4O2. The number of para-hydroxylation sites is 1. The second kappa shape index (κ2) is 12.1. The molecule has 6 nitrogen and oxygen atoms in total. The molecule has 0 saturated heterocycles. The van der Waals surface area contributed by atoms with Gasteiger partial charge in [-0.25, -0.2) is 4.98 Å². The van der Waals surface area contributed by atoms with Crippen LogP contribution in [0.1, 0.15) is 51.3 Å². The lowest BCUT2D eigenvalue weighted by molar-refractivity contribution is 0.102. The molecule has 0 aliphatic carbocycles. The molecule has 0 atom stereocenters. The average Bonchev–Trinajstić information content (AvgIpc) is 2.91. The molecule has 36 heavy (non-hydrogen) atoms. The van der Waals surface area contributed by atoms with E-state index < -0.39 is 0 Å². The van der Waals surface area contributed by atoms with Crippen LogP contribution in [-0.4, -0.2) is 16.8 Å². The molecule has 0 radical (unpaired) electrons. The lowest BCUT2D eigenvalue weighted by atomic mass is 9.96. The Labute approximate surface area is 211 Å². The topological polar surface area (TPSA) is 94.9 Å². The summed E-state index contributed by atoms with van der Waals surface area (Å²) < 4.78 is 0. The molecule has 180 valence electrons. The van der Waals surface area contributed by atoms with Gasteiger partial charge in [-0.15, -0.1) is 0 Å². The molecule has 0 fully saturated rings. The van der Waals surface area contributed by atoms with Crippen molar-refractivity contribution in [2.45, 2.75) is 27.7 Å². The van der Waals surface area contributed by atoms with Crippen molar-refractivity contribution in [2.75, 3.05) is 10.6 Å². The number of pyridine rings is 1. The minimum absolute atomic E-state index is 0.327. The number of aryl methyl sites for hydroxylation is 2. The average molecular weight is 477 g/mol. The van der Waals surface area contributed by atoms with Gasteiger partial charge in [0.1, 0.15) is 5.82 Å². The number of hydrogen-bond donors (Lipinski definition) is 2. The Hall–Kier alpha value is -4.76. The van der Waals surface area contributed by atoms with Crippen molar-refractivity contribution >= 4 is 23.3 Å². The zero-order valence-corrected chi connectivity index (χ0v) is 20.8. The van der Waals surface area contributed by atoms with Gasteiger partial charge in [-0.1, -0.05) is 62.4 Å². The molecule has 4 aromatic rings. The lowest BCUT2D eigenvalue weighted by Crippen LogP contribution is -2.19. The third-order valence-corrected chi connectivity index (χ3v) is 5.40. The molecule has 1 heterocycles. The number of aromatic nitrogens is 1. The molecule has 2 N–H and O–H groups in total. The number of nitrogens with zero attached hydrogens (tertiary/aromatic N) is 2. The van der Waals surface area contributed by atoms with E-state index in [9.17, 15) is 14.9 Å². The zero-order valence-electron chi connectivity index (χ0n) is 20.8. The summed E-state index contributed by atoms with van der Waals surface area (Å²) in [5, 5.41) is 15.0. The molecule has 4 rings (SSSR count). The van der Waals surface area contributed by atoms with Crippen molar-refractivity contribution in [3.05, 3.63) is 113 Å². The fraction of sp³-hybridized carbons (Fsp3) is 0.133. The second-order valence-corrected chi connectivity index (χ2v) is 7.86. The first kappa shape index (κ1) is 25.9. The van der Waals surface area contributed by atoms with Crippen molar-refractivity contribution in [1.29, 1.82) is 5.26 Å². The summed E-state index contributed by atoms with van der Waals surface area (Å²) in [5.74, 6) is -0.264. The summed E-state index contributed by atoms with van der Waals surface area (Å²) in [6, 6.07) is 25.4. The fourth-order valence-electron chi connectivity index (χ4n) is 3.62. The molecule has 0 spiro atoms. The van der Waals surface area contributed by atoms with E-state index >= 15 is 0 Å². The van der Waals surface area contributed by atoms with Gasteiger partial charge in [-0.05, 0) is 66.4 Å². The third-order valence-electron chi connectivity index (χ3n) is 5.40. The molecule has 0 bridgehead atoms. The summed E-state index contributed by atoms with van der Waals surface area (Å²) >= 11 is 0. The minimum Gasteiger partial charge on any atom is -0.321 e. The molecule has 3 aromatic carbocycles. The highest BCUT2D eigenvalue weighted by molar-refractivity contribution is 6.12. The largest absolute Gasteiger partial charge is 0.321 e. The molecule has 6 heteroatoms. The Morgan fingerprint density at radius 3 is 2.19 bits per heavy atom. The Morgan fingerprint density at radius 1 is 0.806 bits per heavy atom. The van der Waals surface area contributed by atoms with Gasteiger partial charge in [-0.2, -0.15) is 5.26 Å². The first-order valence-corrected chi connectivity index (χ1v) is 11.7. The monoisotopic (exact) mass is 476 g/mol. The number of benzene rings is 3. The smallest absolute Gasteiger partial charge is 0.258 e. The first-order valence-electron chi connectivity index (χ1n) is 11.7. The zero-order chi connectivity index (χ0) is 26.1. The summed E-state index contributed by atoms with van der Waals surface area (Å²) in [6.07, 6.45) is 1.67. The van der Waals surface area contributed by atoms with Crippen LogP contribution in [0.15, 0.2) is 85.1 Å². The Balaban J connectivity index is 0.00000176. The van der Waals surface area contributed by atoms with Crippen LogP contribution in [0.2, 0.25) is 0 Å². The number of carbonyl (C=O) groups is 2. The van der Waals surface area contributed by atoms with Crippen molar-refractivity contribution in [1.82, 2.24) is 4.98 Å². The number of anilines is 2. The Kier molecular flexibility index (Phi) is 8.68. The summed E-state index contributed by atoms with van der Waals surface area (Å²) in [4.78, 5) is 30.1. The maximum absolute atomic E-state index is 13.1. The number of nitrogens with one attached hydrogen (secondary N) is 2. The van der Waals surface area contributed by atoms with Gasteiger partial charge < -0.3 is 10.6 Å². The highest BCUT2D eigenvalue weighted by Gasteiger charge is 2.16. The predicted molar refractivity (Wildman–Crippen MR) is 144 cm³/mol. The first-order chi connectivity index (χ1) is 17.5. The van der Waals surface area contributed by atoms with Gasteiger partial charge in [0, 0.05) is 11.8 Å². The minimum atomic E-state index is -0.368. The standard InChI is InChI=1S/C28H22N4O2.C2H6/c1-18-11-14-26(30-17-18)32-28(34)24-9-5-6-10-25(24)31-27(33)22-13-12-20(15-19(22)2)23-8-4-3-7-21(23)16-29;1-2/h3-15,17H,1-2H3,(H,31,33)(H,30,32,34);1-2H3. The van der Waals surface area contributed by atoms with Crippen molar-refractivity contribution in [3.63, 3.8) is 0 Å².